The Morgan fingerprint density at radius 1 is 1.03 bits per heavy atom. The number of amides is 2. The van der Waals surface area contributed by atoms with Crippen LogP contribution in [0.2, 0.25) is 0 Å². The van der Waals surface area contributed by atoms with Crippen molar-refractivity contribution in [1.29, 1.82) is 0 Å². The molecule has 0 radical (unpaired) electrons. The van der Waals surface area contributed by atoms with Crippen LogP contribution in [-0.4, -0.2) is 54.0 Å². The van der Waals surface area contributed by atoms with Crippen LogP contribution in [0.1, 0.15) is 36.8 Å². The zero-order valence-electron chi connectivity index (χ0n) is 17.9. The molecule has 1 aliphatic carbocycles. The van der Waals surface area contributed by atoms with Crippen molar-refractivity contribution < 1.29 is 29.3 Å². The van der Waals surface area contributed by atoms with E-state index in [1.54, 1.807) is 0 Å². The molecule has 4 N–H and O–H groups in total. The van der Waals surface area contributed by atoms with Crippen LogP contribution >= 0.6 is 0 Å². The van der Waals surface area contributed by atoms with Crippen molar-refractivity contribution in [2.45, 2.75) is 31.7 Å². The van der Waals surface area contributed by atoms with E-state index in [2.05, 4.69) is 22.8 Å². The Bertz CT molecular complexity index is 931. The van der Waals surface area contributed by atoms with Gasteiger partial charge in [-0.1, -0.05) is 61.9 Å². The molecule has 0 heterocycles. The van der Waals surface area contributed by atoms with Gasteiger partial charge in [-0.15, -0.1) is 0 Å². The number of hydrogen-bond acceptors (Lipinski definition) is 5. The number of aliphatic hydroxyl groups excluding tert-OH is 1. The maximum Gasteiger partial charge on any atom is 0.407 e. The Labute approximate surface area is 186 Å². The number of aliphatic carboxylic acids is 1. The number of benzene rings is 2. The third kappa shape index (κ3) is 5.26. The highest BCUT2D eigenvalue weighted by atomic mass is 16.5. The number of fused-ring (bicyclic) bond motifs is 3. The first-order chi connectivity index (χ1) is 15.5. The lowest BCUT2D eigenvalue weighted by Gasteiger charge is -2.20. The van der Waals surface area contributed by atoms with Crippen molar-refractivity contribution in [1.82, 2.24) is 10.6 Å². The monoisotopic (exact) mass is 440 g/mol. The van der Waals surface area contributed by atoms with Crippen LogP contribution < -0.4 is 10.6 Å². The molecule has 0 spiro atoms. The number of carboxylic acids is 1. The largest absolute Gasteiger partial charge is 0.480 e. The van der Waals surface area contributed by atoms with Gasteiger partial charge in [0.25, 0.3) is 0 Å². The first kappa shape index (κ1) is 23.3. The molecule has 0 aromatic heterocycles. The Balaban J connectivity index is 1.57. The van der Waals surface area contributed by atoms with Crippen LogP contribution in [0.15, 0.2) is 48.5 Å². The smallest absolute Gasteiger partial charge is 0.407 e. The molecular weight excluding hydrogens is 412 g/mol. The molecule has 0 saturated heterocycles. The molecule has 3 rings (SSSR count). The second-order valence-electron chi connectivity index (χ2n) is 7.77. The lowest BCUT2D eigenvalue weighted by molar-refractivity contribution is -0.143. The summed E-state index contributed by atoms with van der Waals surface area (Å²) >= 11 is 0. The number of carbonyl (C=O) groups excluding carboxylic acids is 2. The highest BCUT2D eigenvalue weighted by molar-refractivity contribution is 5.85. The van der Waals surface area contributed by atoms with Crippen molar-refractivity contribution in [2.75, 3.05) is 19.8 Å². The summed E-state index contributed by atoms with van der Waals surface area (Å²) in [5.41, 5.74) is 4.48. The maximum atomic E-state index is 12.4. The Morgan fingerprint density at radius 3 is 2.16 bits per heavy atom. The van der Waals surface area contributed by atoms with Gasteiger partial charge in [-0.3, -0.25) is 4.79 Å². The maximum absolute atomic E-state index is 12.4. The molecule has 1 aliphatic rings. The van der Waals surface area contributed by atoms with E-state index in [4.69, 9.17) is 14.9 Å². The van der Waals surface area contributed by atoms with Gasteiger partial charge >= 0.3 is 12.1 Å². The topological polar surface area (TPSA) is 125 Å². The van der Waals surface area contributed by atoms with Crippen molar-refractivity contribution in [2.24, 2.45) is 5.92 Å². The van der Waals surface area contributed by atoms with Gasteiger partial charge in [0.2, 0.25) is 5.91 Å². The molecule has 0 fully saturated rings. The molecule has 170 valence electrons. The number of carbonyl (C=O) groups is 3. The third-order valence-electron chi connectivity index (χ3n) is 5.64. The van der Waals surface area contributed by atoms with Crippen LogP contribution in [0.5, 0.6) is 0 Å². The fraction of sp³-hybridized carbons (Fsp3) is 0.375. The van der Waals surface area contributed by atoms with Crippen molar-refractivity contribution in [3.05, 3.63) is 59.7 Å². The summed E-state index contributed by atoms with van der Waals surface area (Å²) in [7, 11) is 0. The van der Waals surface area contributed by atoms with Gasteiger partial charge in [-0.2, -0.15) is 0 Å². The summed E-state index contributed by atoms with van der Waals surface area (Å²) < 4.78 is 5.47. The number of ether oxygens (including phenoxy) is 1. The van der Waals surface area contributed by atoms with E-state index in [1.807, 2.05) is 43.3 Å². The molecule has 32 heavy (non-hydrogen) atoms. The molecule has 2 amide bonds. The molecule has 2 unspecified atom stereocenters. The van der Waals surface area contributed by atoms with Gasteiger partial charge in [0.1, 0.15) is 12.6 Å². The fourth-order valence-corrected chi connectivity index (χ4v) is 4.01. The van der Waals surface area contributed by atoms with Gasteiger partial charge in [-0.25, -0.2) is 9.59 Å². The second kappa shape index (κ2) is 10.8. The van der Waals surface area contributed by atoms with Crippen LogP contribution in [0.4, 0.5) is 4.79 Å². The molecule has 8 nitrogen and oxygen atoms in total. The highest BCUT2D eigenvalue weighted by Gasteiger charge is 2.29. The summed E-state index contributed by atoms with van der Waals surface area (Å²) in [5.74, 6) is -2.55. The Morgan fingerprint density at radius 2 is 1.62 bits per heavy atom. The number of hydrogen-bond donors (Lipinski definition) is 4. The van der Waals surface area contributed by atoms with Crippen LogP contribution in [-0.2, 0) is 14.3 Å². The fourth-order valence-electron chi connectivity index (χ4n) is 4.01. The average molecular weight is 440 g/mol. The number of alkyl carbamates (subject to hydrolysis) is 1. The zero-order chi connectivity index (χ0) is 23.1. The van der Waals surface area contributed by atoms with Crippen LogP contribution in [0.25, 0.3) is 11.1 Å². The summed E-state index contributed by atoms with van der Waals surface area (Å²) in [5, 5.41) is 23.0. The van der Waals surface area contributed by atoms with E-state index in [-0.39, 0.29) is 19.1 Å². The van der Waals surface area contributed by atoms with E-state index in [0.29, 0.717) is 12.8 Å². The van der Waals surface area contributed by atoms with Crippen LogP contribution in [0, 0.1) is 5.92 Å². The quantitative estimate of drug-likeness (QED) is 0.450. The number of carboxylic acid groups (broad SMARTS) is 1. The molecule has 0 saturated carbocycles. The molecule has 2 atom stereocenters. The van der Waals surface area contributed by atoms with Crippen LogP contribution in [0.3, 0.4) is 0 Å². The SMILES string of the molecule is CCCC(CNC(=O)OCC1c2ccccc2-c2ccccc21)C(=O)NC(CO)C(=O)O. The first-order valence-electron chi connectivity index (χ1n) is 10.7. The van der Waals surface area contributed by atoms with E-state index >= 15 is 0 Å². The van der Waals surface area contributed by atoms with Gasteiger partial charge in [0.05, 0.1) is 12.5 Å². The second-order valence-corrected chi connectivity index (χ2v) is 7.77. The molecular formula is C24H28N2O6. The summed E-state index contributed by atoms with van der Waals surface area (Å²) in [6.07, 6.45) is 0.479. The summed E-state index contributed by atoms with van der Waals surface area (Å²) in [6, 6.07) is 14.7. The molecule has 0 bridgehead atoms. The van der Waals surface area contributed by atoms with Gasteiger partial charge < -0.3 is 25.6 Å². The molecule has 2 aromatic carbocycles. The van der Waals surface area contributed by atoms with Crippen molar-refractivity contribution in [3.63, 3.8) is 0 Å². The van der Waals surface area contributed by atoms with Crippen molar-refractivity contribution >= 4 is 18.0 Å². The van der Waals surface area contributed by atoms with Crippen molar-refractivity contribution in [3.8, 4) is 11.1 Å². The first-order valence-corrected chi connectivity index (χ1v) is 10.7. The van der Waals surface area contributed by atoms with Gasteiger partial charge in [0, 0.05) is 12.5 Å². The lowest BCUT2D eigenvalue weighted by Crippen LogP contribution is -2.48. The summed E-state index contributed by atoms with van der Waals surface area (Å²) in [6.45, 7) is 1.35. The average Bonchev–Trinajstić information content (AvgIpc) is 3.12. The lowest BCUT2D eigenvalue weighted by atomic mass is 9.98. The third-order valence-corrected chi connectivity index (χ3v) is 5.64. The Hall–Kier alpha value is -3.39. The van der Waals surface area contributed by atoms with E-state index in [1.165, 1.54) is 0 Å². The van der Waals surface area contributed by atoms with E-state index in [9.17, 15) is 14.4 Å². The Kier molecular flexibility index (Phi) is 7.83. The minimum absolute atomic E-state index is 0.00805. The van der Waals surface area contributed by atoms with E-state index in [0.717, 1.165) is 22.3 Å². The highest BCUT2D eigenvalue weighted by Crippen LogP contribution is 2.44. The van der Waals surface area contributed by atoms with Gasteiger partial charge in [0.15, 0.2) is 0 Å². The summed E-state index contributed by atoms with van der Waals surface area (Å²) in [4.78, 5) is 35.8. The van der Waals surface area contributed by atoms with E-state index < -0.39 is 36.5 Å². The minimum atomic E-state index is -1.38. The standard InChI is InChI=1S/C24H28N2O6/c1-2-7-15(22(28)26-21(13-27)23(29)30)12-25-24(31)32-14-20-18-10-5-3-8-16(18)17-9-4-6-11-19(17)20/h3-6,8-11,15,20-21,27H,2,7,12-14H2,1H3,(H,25,31)(H,26,28)(H,29,30). The molecule has 0 aliphatic heterocycles. The normalized spacial score (nSPS) is 14.1. The predicted molar refractivity (Wildman–Crippen MR) is 118 cm³/mol. The molecule has 2 aromatic rings. The number of nitrogens with one attached hydrogen (secondary N) is 2. The number of rotatable bonds is 10. The predicted octanol–water partition coefficient (Wildman–Crippen LogP) is 2.50. The zero-order valence-corrected chi connectivity index (χ0v) is 17.9. The van der Waals surface area contributed by atoms with Gasteiger partial charge in [-0.05, 0) is 28.7 Å². The molecule has 8 heteroatoms. The number of aliphatic hydroxyl groups is 1. The minimum Gasteiger partial charge on any atom is -0.480 e.